The van der Waals surface area contributed by atoms with Crippen LogP contribution in [0.2, 0.25) is 0 Å². The highest BCUT2D eigenvalue weighted by Crippen LogP contribution is 2.51. The topological polar surface area (TPSA) is 91.7 Å². The van der Waals surface area contributed by atoms with Gasteiger partial charge in [0, 0.05) is 18.3 Å². The maximum Gasteiger partial charge on any atom is 0.254 e. The van der Waals surface area contributed by atoms with Crippen molar-refractivity contribution in [2.45, 2.75) is 25.2 Å². The van der Waals surface area contributed by atoms with Gasteiger partial charge in [-0.1, -0.05) is 24.3 Å². The standard InChI is InChI=1S/C28H25N3O4/c1-18-3-9-22(16-23(18)19-4-6-20(7-5-19)26(32)31(2)14-13-29)30-27(33)28(11-12-28)21-8-10-24-25(15-21)35-17-34-24/h3-10,15-16H,11-12,14,17H2,1-2H3,(H,30,33). The highest BCUT2D eigenvalue weighted by atomic mass is 16.7. The van der Waals surface area contributed by atoms with Gasteiger partial charge in [-0.15, -0.1) is 0 Å². The lowest BCUT2D eigenvalue weighted by molar-refractivity contribution is -0.118. The quantitative estimate of drug-likeness (QED) is 0.533. The molecule has 1 aliphatic carbocycles. The number of nitriles is 1. The van der Waals surface area contributed by atoms with E-state index in [0.29, 0.717) is 17.1 Å². The van der Waals surface area contributed by atoms with E-state index in [1.807, 2.05) is 61.5 Å². The van der Waals surface area contributed by atoms with Gasteiger partial charge in [-0.25, -0.2) is 0 Å². The molecule has 176 valence electrons. The maximum atomic E-state index is 13.3. The molecule has 1 heterocycles. The SMILES string of the molecule is Cc1ccc(NC(=O)C2(c3ccc4c(c3)OCO4)CC2)cc1-c1ccc(C(=O)N(C)CC#N)cc1. The predicted molar refractivity (Wildman–Crippen MR) is 131 cm³/mol. The van der Waals surface area contributed by atoms with Gasteiger partial charge in [-0.3, -0.25) is 9.59 Å². The van der Waals surface area contributed by atoms with E-state index >= 15 is 0 Å². The summed E-state index contributed by atoms with van der Waals surface area (Å²) in [4.78, 5) is 27.1. The molecule has 7 nitrogen and oxygen atoms in total. The molecule has 2 amide bonds. The molecule has 1 fully saturated rings. The van der Waals surface area contributed by atoms with E-state index in [2.05, 4.69) is 5.32 Å². The van der Waals surface area contributed by atoms with E-state index in [9.17, 15) is 9.59 Å². The fourth-order valence-corrected chi connectivity index (χ4v) is 4.42. The first-order valence-electron chi connectivity index (χ1n) is 11.5. The fourth-order valence-electron chi connectivity index (χ4n) is 4.42. The predicted octanol–water partition coefficient (Wildman–Crippen LogP) is 4.66. The number of amides is 2. The van der Waals surface area contributed by atoms with Crippen LogP contribution in [0.25, 0.3) is 11.1 Å². The number of nitrogens with one attached hydrogen (secondary N) is 1. The minimum Gasteiger partial charge on any atom is -0.454 e. The average molecular weight is 468 g/mol. The van der Waals surface area contributed by atoms with Crippen molar-refractivity contribution in [2.24, 2.45) is 0 Å². The van der Waals surface area contributed by atoms with Gasteiger partial charge in [-0.2, -0.15) is 5.26 Å². The fraction of sp³-hybridized carbons (Fsp3) is 0.250. The van der Waals surface area contributed by atoms with Crippen molar-refractivity contribution in [1.29, 1.82) is 5.26 Å². The number of aryl methyl sites for hydroxylation is 1. The number of hydrogen-bond donors (Lipinski definition) is 1. The summed E-state index contributed by atoms with van der Waals surface area (Å²) in [5.41, 5.74) is 4.59. The number of carbonyl (C=O) groups excluding carboxylic acids is 2. The van der Waals surface area contributed by atoms with Gasteiger partial charge in [0.15, 0.2) is 11.5 Å². The first-order chi connectivity index (χ1) is 16.9. The van der Waals surface area contributed by atoms with E-state index in [0.717, 1.165) is 40.8 Å². The highest BCUT2D eigenvalue weighted by Gasteiger charge is 2.51. The van der Waals surface area contributed by atoms with Crippen molar-refractivity contribution in [1.82, 2.24) is 4.90 Å². The molecule has 0 spiro atoms. The van der Waals surface area contributed by atoms with E-state index in [-0.39, 0.29) is 25.2 Å². The van der Waals surface area contributed by atoms with Crippen LogP contribution in [0, 0.1) is 18.3 Å². The van der Waals surface area contributed by atoms with Gasteiger partial charge in [-0.05, 0) is 78.4 Å². The third kappa shape index (κ3) is 4.19. The van der Waals surface area contributed by atoms with E-state index < -0.39 is 5.41 Å². The third-order valence-corrected chi connectivity index (χ3v) is 6.70. The Morgan fingerprint density at radius 1 is 1.03 bits per heavy atom. The number of ether oxygens (including phenoxy) is 2. The zero-order valence-electron chi connectivity index (χ0n) is 19.6. The smallest absolute Gasteiger partial charge is 0.254 e. The molecule has 7 heteroatoms. The largest absolute Gasteiger partial charge is 0.454 e. The summed E-state index contributed by atoms with van der Waals surface area (Å²) in [6.07, 6.45) is 1.57. The summed E-state index contributed by atoms with van der Waals surface area (Å²) in [6.45, 7) is 2.25. The Morgan fingerprint density at radius 2 is 1.77 bits per heavy atom. The van der Waals surface area contributed by atoms with Gasteiger partial charge in [0.25, 0.3) is 5.91 Å². The summed E-state index contributed by atoms with van der Waals surface area (Å²) in [5, 5.41) is 11.9. The van der Waals surface area contributed by atoms with Crippen molar-refractivity contribution in [3.8, 4) is 28.7 Å². The van der Waals surface area contributed by atoms with Crippen LogP contribution >= 0.6 is 0 Å². The molecular formula is C28H25N3O4. The second kappa shape index (κ2) is 8.80. The molecule has 0 unspecified atom stereocenters. The van der Waals surface area contributed by atoms with Gasteiger partial charge in [0.05, 0.1) is 11.5 Å². The Morgan fingerprint density at radius 3 is 2.49 bits per heavy atom. The Labute approximate surface area is 203 Å². The lowest BCUT2D eigenvalue weighted by atomic mass is 9.94. The second-order valence-corrected chi connectivity index (χ2v) is 9.03. The number of anilines is 1. The monoisotopic (exact) mass is 467 g/mol. The van der Waals surface area contributed by atoms with Gasteiger partial charge in [0.1, 0.15) is 6.54 Å². The molecule has 0 atom stereocenters. The Bertz CT molecular complexity index is 1350. The molecule has 3 aromatic carbocycles. The minimum absolute atomic E-state index is 0.0346. The minimum atomic E-state index is -0.552. The maximum absolute atomic E-state index is 13.3. The molecule has 0 aromatic heterocycles. The summed E-state index contributed by atoms with van der Waals surface area (Å²) >= 11 is 0. The summed E-state index contributed by atoms with van der Waals surface area (Å²) in [6, 6.07) is 20.8. The van der Waals surface area contributed by atoms with Crippen molar-refractivity contribution < 1.29 is 19.1 Å². The van der Waals surface area contributed by atoms with Crippen molar-refractivity contribution >= 4 is 17.5 Å². The molecule has 1 saturated carbocycles. The summed E-state index contributed by atoms with van der Waals surface area (Å²) < 4.78 is 10.9. The summed E-state index contributed by atoms with van der Waals surface area (Å²) in [5.74, 6) is 1.15. The first kappa shape index (κ1) is 22.5. The molecule has 35 heavy (non-hydrogen) atoms. The molecule has 1 aliphatic heterocycles. The van der Waals surface area contributed by atoms with Gasteiger partial charge >= 0.3 is 0 Å². The molecule has 0 bridgehead atoms. The number of fused-ring (bicyclic) bond motifs is 1. The van der Waals surface area contributed by atoms with Gasteiger partial charge < -0.3 is 19.7 Å². The number of carbonyl (C=O) groups is 2. The van der Waals surface area contributed by atoms with Crippen LogP contribution in [-0.2, 0) is 10.2 Å². The molecule has 0 saturated heterocycles. The van der Waals surface area contributed by atoms with Crippen LogP contribution in [0.5, 0.6) is 11.5 Å². The zero-order valence-corrected chi connectivity index (χ0v) is 19.6. The Balaban J connectivity index is 1.35. The van der Waals surface area contributed by atoms with Crippen LogP contribution in [0.1, 0.15) is 34.3 Å². The van der Waals surface area contributed by atoms with Crippen molar-refractivity contribution in [3.63, 3.8) is 0 Å². The highest BCUT2D eigenvalue weighted by molar-refractivity contribution is 6.02. The summed E-state index contributed by atoms with van der Waals surface area (Å²) in [7, 11) is 1.60. The van der Waals surface area contributed by atoms with Crippen LogP contribution in [0.3, 0.4) is 0 Å². The Hall–Kier alpha value is -4.31. The van der Waals surface area contributed by atoms with Crippen molar-refractivity contribution in [3.05, 3.63) is 77.4 Å². The third-order valence-electron chi connectivity index (χ3n) is 6.70. The van der Waals surface area contributed by atoms with E-state index in [4.69, 9.17) is 14.7 Å². The Kier molecular flexibility index (Phi) is 5.65. The van der Waals surface area contributed by atoms with Gasteiger partial charge in [0.2, 0.25) is 12.7 Å². The number of benzene rings is 3. The van der Waals surface area contributed by atoms with E-state index in [1.165, 1.54) is 4.90 Å². The molecule has 5 rings (SSSR count). The number of rotatable bonds is 6. The lowest BCUT2D eigenvalue weighted by Gasteiger charge is -2.17. The molecule has 3 aromatic rings. The number of nitrogens with zero attached hydrogens (tertiary/aromatic N) is 2. The lowest BCUT2D eigenvalue weighted by Crippen LogP contribution is -2.27. The molecular weight excluding hydrogens is 442 g/mol. The second-order valence-electron chi connectivity index (χ2n) is 9.03. The van der Waals surface area contributed by atoms with Crippen LogP contribution in [0.15, 0.2) is 60.7 Å². The average Bonchev–Trinajstić information content (AvgIpc) is 3.55. The van der Waals surface area contributed by atoms with Crippen LogP contribution in [-0.4, -0.2) is 37.1 Å². The van der Waals surface area contributed by atoms with Crippen molar-refractivity contribution in [2.75, 3.05) is 25.7 Å². The molecule has 2 aliphatic rings. The number of hydrogen-bond acceptors (Lipinski definition) is 5. The zero-order chi connectivity index (χ0) is 24.6. The van der Waals surface area contributed by atoms with Crippen LogP contribution in [0.4, 0.5) is 5.69 Å². The first-order valence-corrected chi connectivity index (χ1v) is 11.5. The van der Waals surface area contributed by atoms with Crippen LogP contribution < -0.4 is 14.8 Å². The normalized spacial score (nSPS) is 14.7. The molecule has 0 radical (unpaired) electrons. The van der Waals surface area contributed by atoms with E-state index in [1.54, 1.807) is 19.2 Å². The molecule has 1 N–H and O–H groups in total.